The Kier molecular flexibility index (Phi) is 4.90. The number of anilines is 1. The summed E-state index contributed by atoms with van der Waals surface area (Å²) in [5.41, 5.74) is 6.89. The Balaban J connectivity index is 2.83. The van der Waals surface area contributed by atoms with Crippen molar-refractivity contribution in [2.24, 2.45) is 5.73 Å². The normalized spacial score (nSPS) is 12.2. The number of benzene rings is 1. The van der Waals surface area contributed by atoms with Crippen molar-refractivity contribution in [2.45, 2.75) is 26.3 Å². The molecule has 0 radical (unpaired) electrons. The van der Waals surface area contributed by atoms with Crippen molar-refractivity contribution in [2.75, 3.05) is 18.0 Å². The van der Waals surface area contributed by atoms with E-state index in [-0.39, 0.29) is 16.7 Å². The van der Waals surface area contributed by atoms with Crippen LogP contribution < -0.4 is 10.6 Å². The van der Waals surface area contributed by atoms with Crippen LogP contribution in [0, 0.1) is 10.1 Å². The Morgan fingerprint density at radius 3 is 2.41 bits per heavy atom. The second kappa shape index (κ2) is 6.20. The summed E-state index contributed by atoms with van der Waals surface area (Å²) in [4.78, 5) is 12.3. The maximum absolute atomic E-state index is 10.6. The van der Waals surface area contributed by atoms with Crippen LogP contribution >= 0.6 is 0 Å². The molecule has 17 heavy (non-hydrogen) atoms. The minimum Gasteiger partial charge on any atom is -0.370 e. The van der Waals surface area contributed by atoms with Gasteiger partial charge in [-0.3, -0.25) is 10.1 Å². The third kappa shape index (κ3) is 4.03. The quantitative estimate of drug-likeness (QED) is 0.608. The van der Waals surface area contributed by atoms with Crippen LogP contribution in [0.5, 0.6) is 0 Å². The molecule has 2 N–H and O–H groups in total. The summed E-state index contributed by atoms with van der Waals surface area (Å²) in [5.74, 6) is 0. The van der Waals surface area contributed by atoms with Crippen LogP contribution in [0.4, 0.5) is 11.4 Å². The van der Waals surface area contributed by atoms with Crippen molar-refractivity contribution in [3.05, 3.63) is 34.4 Å². The zero-order valence-electron chi connectivity index (χ0n) is 10.3. The highest BCUT2D eigenvalue weighted by Crippen LogP contribution is 2.19. The Morgan fingerprint density at radius 2 is 2.00 bits per heavy atom. The molecule has 0 bridgehead atoms. The van der Waals surface area contributed by atoms with Crippen molar-refractivity contribution in [3.63, 3.8) is 0 Å². The van der Waals surface area contributed by atoms with Gasteiger partial charge in [0.15, 0.2) is 0 Å². The van der Waals surface area contributed by atoms with Crippen molar-refractivity contribution in [1.29, 1.82) is 0 Å². The highest BCUT2D eigenvalue weighted by atomic mass is 16.6. The molecule has 5 nitrogen and oxygen atoms in total. The van der Waals surface area contributed by atoms with Crippen LogP contribution in [-0.4, -0.2) is 24.1 Å². The Morgan fingerprint density at radius 1 is 1.41 bits per heavy atom. The lowest BCUT2D eigenvalue weighted by atomic mass is 10.2. The molecule has 5 heteroatoms. The second-order valence-corrected chi connectivity index (χ2v) is 4.20. The molecule has 1 unspecified atom stereocenters. The van der Waals surface area contributed by atoms with E-state index in [1.807, 2.05) is 6.92 Å². The number of rotatable bonds is 6. The van der Waals surface area contributed by atoms with Crippen LogP contribution in [0.25, 0.3) is 0 Å². The van der Waals surface area contributed by atoms with Gasteiger partial charge in [-0.25, -0.2) is 0 Å². The summed E-state index contributed by atoms with van der Waals surface area (Å²) in [6.07, 6.45) is 1.02. The van der Waals surface area contributed by atoms with Crippen LogP contribution in [0.3, 0.4) is 0 Å². The highest BCUT2D eigenvalue weighted by molar-refractivity contribution is 5.50. The SMILES string of the molecule is CCCN(CC(C)N)c1ccc([N+](=O)[O-])cc1. The van der Waals surface area contributed by atoms with Gasteiger partial charge in [0, 0.05) is 37.0 Å². The van der Waals surface area contributed by atoms with Gasteiger partial charge in [-0.2, -0.15) is 0 Å². The van der Waals surface area contributed by atoms with E-state index in [0.717, 1.165) is 25.2 Å². The van der Waals surface area contributed by atoms with E-state index in [1.165, 1.54) is 12.1 Å². The first-order valence-corrected chi connectivity index (χ1v) is 5.79. The van der Waals surface area contributed by atoms with Crippen molar-refractivity contribution >= 4 is 11.4 Å². The zero-order chi connectivity index (χ0) is 12.8. The summed E-state index contributed by atoms with van der Waals surface area (Å²) >= 11 is 0. The number of nitrogens with two attached hydrogens (primary N) is 1. The summed E-state index contributed by atoms with van der Waals surface area (Å²) in [6, 6.07) is 6.68. The molecule has 0 fully saturated rings. The van der Waals surface area contributed by atoms with Crippen LogP contribution in [0.15, 0.2) is 24.3 Å². The standard InChI is InChI=1S/C12H19N3O2/c1-3-8-14(9-10(2)13)11-4-6-12(7-5-11)15(16)17/h4-7,10H,3,8-9,13H2,1-2H3. The average Bonchev–Trinajstić information content (AvgIpc) is 2.28. The van der Waals surface area contributed by atoms with Gasteiger partial charge in [-0.1, -0.05) is 6.92 Å². The zero-order valence-corrected chi connectivity index (χ0v) is 10.3. The van der Waals surface area contributed by atoms with Gasteiger partial charge in [0.05, 0.1) is 4.92 Å². The molecule has 0 heterocycles. The molecular weight excluding hydrogens is 218 g/mol. The predicted molar refractivity (Wildman–Crippen MR) is 69.2 cm³/mol. The molecule has 0 aromatic heterocycles. The van der Waals surface area contributed by atoms with Crippen LogP contribution in [0.1, 0.15) is 20.3 Å². The van der Waals surface area contributed by atoms with E-state index in [1.54, 1.807) is 12.1 Å². The first-order chi connectivity index (χ1) is 8.04. The molecule has 0 aliphatic heterocycles. The van der Waals surface area contributed by atoms with Crippen molar-refractivity contribution < 1.29 is 4.92 Å². The number of hydrogen-bond donors (Lipinski definition) is 1. The van der Waals surface area contributed by atoms with Gasteiger partial charge in [0.2, 0.25) is 0 Å². The highest BCUT2D eigenvalue weighted by Gasteiger charge is 2.10. The van der Waals surface area contributed by atoms with Gasteiger partial charge < -0.3 is 10.6 Å². The third-order valence-corrected chi connectivity index (χ3v) is 2.43. The summed E-state index contributed by atoms with van der Waals surface area (Å²) < 4.78 is 0. The topological polar surface area (TPSA) is 72.4 Å². The van der Waals surface area contributed by atoms with E-state index in [9.17, 15) is 10.1 Å². The number of nitro benzene ring substituents is 1. The van der Waals surface area contributed by atoms with Gasteiger partial charge in [0.25, 0.3) is 5.69 Å². The maximum atomic E-state index is 10.6. The van der Waals surface area contributed by atoms with Gasteiger partial charge in [0.1, 0.15) is 0 Å². The first kappa shape index (κ1) is 13.4. The second-order valence-electron chi connectivity index (χ2n) is 4.20. The van der Waals surface area contributed by atoms with E-state index in [2.05, 4.69) is 11.8 Å². The number of hydrogen-bond acceptors (Lipinski definition) is 4. The minimum atomic E-state index is -0.389. The van der Waals surface area contributed by atoms with Gasteiger partial charge in [-0.15, -0.1) is 0 Å². The number of nitrogens with zero attached hydrogens (tertiary/aromatic N) is 2. The molecule has 0 amide bonds. The van der Waals surface area contributed by atoms with E-state index in [4.69, 9.17) is 5.73 Å². The van der Waals surface area contributed by atoms with Crippen LogP contribution in [0.2, 0.25) is 0 Å². The largest absolute Gasteiger partial charge is 0.370 e. The average molecular weight is 237 g/mol. The molecule has 0 aliphatic rings. The summed E-state index contributed by atoms with van der Waals surface area (Å²) in [6.45, 7) is 5.71. The van der Waals surface area contributed by atoms with Gasteiger partial charge in [-0.05, 0) is 25.5 Å². The predicted octanol–water partition coefficient (Wildman–Crippen LogP) is 2.16. The number of non-ortho nitro benzene ring substituents is 1. The van der Waals surface area contributed by atoms with Crippen molar-refractivity contribution in [3.8, 4) is 0 Å². The van der Waals surface area contributed by atoms with Gasteiger partial charge >= 0.3 is 0 Å². The smallest absolute Gasteiger partial charge is 0.269 e. The van der Waals surface area contributed by atoms with E-state index >= 15 is 0 Å². The molecule has 1 aromatic carbocycles. The fourth-order valence-electron chi connectivity index (χ4n) is 1.73. The monoisotopic (exact) mass is 237 g/mol. The molecule has 94 valence electrons. The van der Waals surface area contributed by atoms with E-state index < -0.39 is 0 Å². The molecule has 1 aromatic rings. The Hall–Kier alpha value is -1.62. The Labute approximate surface area is 101 Å². The lowest BCUT2D eigenvalue weighted by molar-refractivity contribution is -0.384. The lowest BCUT2D eigenvalue weighted by Gasteiger charge is -2.26. The van der Waals surface area contributed by atoms with Crippen molar-refractivity contribution in [1.82, 2.24) is 0 Å². The molecular formula is C12H19N3O2. The fraction of sp³-hybridized carbons (Fsp3) is 0.500. The van der Waals surface area contributed by atoms with Crippen LogP contribution in [-0.2, 0) is 0 Å². The molecule has 0 spiro atoms. The first-order valence-electron chi connectivity index (χ1n) is 5.79. The third-order valence-electron chi connectivity index (χ3n) is 2.43. The summed E-state index contributed by atoms with van der Waals surface area (Å²) in [5, 5.41) is 10.6. The lowest BCUT2D eigenvalue weighted by Crippen LogP contribution is -2.36. The number of nitro groups is 1. The molecule has 0 saturated carbocycles. The minimum absolute atomic E-state index is 0.0803. The molecule has 1 atom stereocenters. The molecule has 1 rings (SSSR count). The summed E-state index contributed by atoms with van der Waals surface area (Å²) in [7, 11) is 0. The van der Waals surface area contributed by atoms with E-state index in [0.29, 0.717) is 0 Å². The molecule has 0 aliphatic carbocycles. The molecule has 0 saturated heterocycles. The maximum Gasteiger partial charge on any atom is 0.269 e. The Bertz CT molecular complexity index is 363. The fourth-order valence-corrected chi connectivity index (χ4v) is 1.73.